The Morgan fingerprint density at radius 1 is 1.18 bits per heavy atom. The number of hydrogen-bond donors (Lipinski definition) is 0. The zero-order valence-electron chi connectivity index (χ0n) is 18.9. The van der Waals surface area contributed by atoms with Crippen molar-refractivity contribution in [2.24, 2.45) is 40.4 Å². The van der Waals surface area contributed by atoms with Crippen molar-refractivity contribution in [3.8, 4) is 0 Å². The Balaban J connectivity index is 1.54. The number of esters is 1. The van der Waals surface area contributed by atoms with Crippen molar-refractivity contribution >= 4 is 5.97 Å². The fourth-order valence-electron chi connectivity index (χ4n) is 8.59. The average Bonchev–Trinajstić information content (AvgIpc) is 2.99. The van der Waals surface area contributed by atoms with Gasteiger partial charge in [0.05, 0.1) is 0 Å². The van der Waals surface area contributed by atoms with Crippen LogP contribution in [0.4, 0.5) is 0 Å². The number of carbonyl (C=O) groups excluding carboxylic acids is 1. The lowest BCUT2D eigenvalue weighted by Gasteiger charge is -2.58. The van der Waals surface area contributed by atoms with Gasteiger partial charge in [-0.1, -0.05) is 52.2 Å². The summed E-state index contributed by atoms with van der Waals surface area (Å²) in [5.41, 5.74) is 2.55. The molecule has 0 aromatic heterocycles. The Labute approximate surface area is 172 Å². The Hall–Kier alpha value is -0.790. The summed E-state index contributed by atoms with van der Waals surface area (Å²) >= 11 is 0. The molecule has 0 amide bonds. The van der Waals surface area contributed by atoms with Crippen LogP contribution in [0.25, 0.3) is 0 Å². The highest BCUT2D eigenvalue weighted by Crippen LogP contribution is 2.67. The average molecular weight is 387 g/mol. The maximum absolute atomic E-state index is 11.4. The van der Waals surface area contributed by atoms with Gasteiger partial charge in [-0.2, -0.15) is 0 Å². The lowest BCUT2D eigenvalue weighted by Crippen LogP contribution is -2.51. The molecule has 0 aliphatic heterocycles. The Bertz CT molecular complexity index is 636. The normalized spacial score (nSPS) is 46.0. The number of fused-ring (bicyclic) bond motifs is 5. The van der Waals surface area contributed by atoms with Gasteiger partial charge in [-0.3, -0.25) is 4.79 Å². The van der Waals surface area contributed by atoms with E-state index in [-0.39, 0.29) is 12.1 Å². The van der Waals surface area contributed by atoms with Gasteiger partial charge in [0.2, 0.25) is 0 Å². The molecule has 0 radical (unpaired) electrons. The van der Waals surface area contributed by atoms with Crippen LogP contribution in [0.2, 0.25) is 0 Å². The van der Waals surface area contributed by atoms with Crippen LogP contribution in [-0.4, -0.2) is 12.1 Å². The minimum absolute atomic E-state index is 0.116. The van der Waals surface area contributed by atoms with Gasteiger partial charge in [-0.15, -0.1) is 0 Å². The standard InChI is InChI=1S/C26H42O2/c1-6-7-17(2)22-10-11-23-21-9-8-19-16-20(28-18(3)27)12-14-25(19,4)24(21)13-15-26(22,23)5/h8,17,20-24H,6-7,9-16H2,1-5H3/t17-,20-,21+,22-,23+,24+,25+,26-/m1/s1. The molecule has 0 aromatic rings. The molecule has 3 fully saturated rings. The molecule has 0 spiro atoms. The van der Waals surface area contributed by atoms with Crippen molar-refractivity contribution in [2.45, 2.75) is 105 Å². The lowest BCUT2D eigenvalue weighted by atomic mass is 9.47. The third kappa shape index (κ3) is 3.18. The predicted molar refractivity (Wildman–Crippen MR) is 115 cm³/mol. The molecule has 4 rings (SSSR count). The first-order valence-corrected chi connectivity index (χ1v) is 12.2. The maximum atomic E-state index is 11.4. The molecule has 0 bridgehead atoms. The Morgan fingerprint density at radius 2 is 1.96 bits per heavy atom. The topological polar surface area (TPSA) is 26.3 Å². The maximum Gasteiger partial charge on any atom is 0.302 e. The van der Waals surface area contributed by atoms with Crippen LogP contribution >= 0.6 is 0 Å². The van der Waals surface area contributed by atoms with Gasteiger partial charge in [0.15, 0.2) is 0 Å². The summed E-state index contributed by atoms with van der Waals surface area (Å²) in [5.74, 6) is 4.38. The highest BCUT2D eigenvalue weighted by Gasteiger charge is 2.59. The number of allylic oxidation sites excluding steroid dienone is 1. The zero-order chi connectivity index (χ0) is 20.1. The fraction of sp³-hybridized carbons (Fsp3) is 0.885. The van der Waals surface area contributed by atoms with Crippen LogP contribution in [0.3, 0.4) is 0 Å². The van der Waals surface area contributed by atoms with E-state index < -0.39 is 0 Å². The molecule has 28 heavy (non-hydrogen) atoms. The molecule has 0 saturated heterocycles. The molecule has 0 N–H and O–H groups in total. The molecule has 0 unspecified atom stereocenters. The minimum atomic E-state index is -0.116. The Kier molecular flexibility index (Phi) is 5.47. The lowest BCUT2D eigenvalue weighted by molar-refractivity contribution is -0.148. The monoisotopic (exact) mass is 386 g/mol. The van der Waals surface area contributed by atoms with Crippen molar-refractivity contribution in [3.63, 3.8) is 0 Å². The van der Waals surface area contributed by atoms with Crippen LogP contribution in [0.1, 0.15) is 98.8 Å². The molecule has 2 heteroatoms. The zero-order valence-corrected chi connectivity index (χ0v) is 18.9. The predicted octanol–water partition coefficient (Wildman–Crippen LogP) is 6.93. The third-order valence-electron chi connectivity index (χ3n) is 9.90. The van der Waals surface area contributed by atoms with E-state index >= 15 is 0 Å². The highest BCUT2D eigenvalue weighted by atomic mass is 16.5. The first kappa shape index (κ1) is 20.5. The summed E-state index contributed by atoms with van der Waals surface area (Å²) in [7, 11) is 0. The molecule has 0 aromatic carbocycles. The van der Waals surface area contributed by atoms with Gasteiger partial charge in [-0.25, -0.2) is 0 Å². The second-order valence-corrected chi connectivity index (χ2v) is 11.2. The van der Waals surface area contributed by atoms with E-state index in [1.807, 2.05) is 0 Å². The van der Waals surface area contributed by atoms with Crippen LogP contribution in [0.5, 0.6) is 0 Å². The van der Waals surface area contributed by atoms with Crippen molar-refractivity contribution in [3.05, 3.63) is 11.6 Å². The number of rotatable bonds is 4. The second kappa shape index (κ2) is 7.47. The summed E-state index contributed by atoms with van der Waals surface area (Å²) in [6, 6.07) is 0. The largest absolute Gasteiger partial charge is 0.462 e. The van der Waals surface area contributed by atoms with Crippen LogP contribution in [0.15, 0.2) is 11.6 Å². The van der Waals surface area contributed by atoms with Crippen molar-refractivity contribution < 1.29 is 9.53 Å². The summed E-state index contributed by atoms with van der Waals surface area (Å²) in [5, 5.41) is 0. The quantitative estimate of drug-likeness (QED) is 0.386. The molecule has 3 saturated carbocycles. The van der Waals surface area contributed by atoms with E-state index in [1.165, 1.54) is 51.4 Å². The van der Waals surface area contributed by atoms with Gasteiger partial charge < -0.3 is 4.74 Å². The van der Waals surface area contributed by atoms with E-state index in [4.69, 9.17) is 4.74 Å². The number of hydrogen-bond acceptors (Lipinski definition) is 2. The summed E-state index contributed by atoms with van der Waals surface area (Å²) < 4.78 is 5.59. The van der Waals surface area contributed by atoms with E-state index in [9.17, 15) is 4.79 Å². The van der Waals surface area contributed by atoms with E-state index in [1.54, 1.807) is 12.5 Å². The highest BCUT2D eigenvalue weighted by molar-refractivity contribution is 5.66. The SMILES string of the molecule is CCC[C@@H](C)[C@H]1CC[C@H]2[C@@H]3CC=C4C[C@H](OC(C)=O)CC[C@]4(C)[C@H]3CC[C@]12C. The first-order chi connectivity index (χ1) is 13.3. The van der Waals surface area contributed by atoms with Crippen molar-refractivity contribution in [1.82, 2.24) is 0 Å². The van der Waals surface area contributed by atoms with Gasteiger partial charge >= 0.3 is 5.97 Å². The molecule has 2 nitrogen and oxygen atoms in total. The number of ether oxygens (including phenoxy) is 1. The summed E-state index contributed by atoms with van der Waals surface area (Å²) in [6.45, 7) is 11.6. The third-order valence-corrected chi connectivity index (χ3v) is 9.90. The summed E-state index contributed by atoms with van der Waals surface area (Å²) in [4.78, 5) is 11.4. The molecule has 158 valence electrons. The van der Waals surface area contributed by atoms with E-state index in [2.05, 4.69) is 33.8 Å². The smallest absolute Gasteiger partial charge is 0.302 e. The van der Waals surface area contributed by atoms with Gasteiger partial charge in [0, 0.05) is 13.3 Å². The number of carbonyl (C=O) groups is 1. The van der Waals surface area contributed by atoms with Crippen molar-refractivity contribution in [1.29, 1.82) is 0 Å². The van der Waals surface area contributed by atoms with Crippen molar-refractivity contribution in [2.75, 3.05) is 0 Å². The van der Waals surface area contributed by atoms with Gasteiger partial charge in [0.1, 0.15) is 6.10 Å². The molecular formula is C26H42O2. The second-order valence-electron chi connectivity index (χ2n) is 11.2. The molecule has 8 atom stereocenters. The molecule has 4 aliphatic carbocycles. The summed E-state index contributed by atoms with van der Waals surface area (Å²) in [6.07, 6.45) is 15.7. The fourth-order valence-corrected chi connectivity index (χ4v) is 8.59. The van der Waals surface area contributed by atoms with Crippen LogP contribution in [0, 0.1) is 40.4 Å². The minimum Gasteiger partial charge on any atom is -0.462 e. The Morgan fingerprint density at radius 3 is 2.68 bits per heavy atom. The van der Waals surface area contributed by atoms with E-state index in [0.717, 1.165) is 42.4 Å². The van der Waals surface area contributed by atoms with Crippen LogP contribution in [-0.2, 0) is 9.53 Å². The molecule has 4 aliphatic rings. The van der Waals surface area contributed by atoms with Gasteiger partial charge in [0.25, 0.3) is 0 Å². The van der Waals surface area contributed by atoms with Crippen LogP contribution < -0.4 is 0 Å². The molecular weight excluding hydrogens is 344 g/mol. The first-order valence-electron chi connectivity index (χ1n) is 12.2. The molecule has 0 heterocycles. The van der Waals surface area contributed by atoms with Gasteiger partial charge in [-0.05, 0) is 85.4 Å². The van der Waals surface area contributed by atoms with E-state index in [0.29, 0.717) is 10.8 Å².